The number of benzene rings is 1. The Kier molecular flexibility index (Phi) is 3.69. The van der Waals surface area contributed by atoms with Gasteiger partial charge in [-0.1, -0.05) is 17.7 Å². The van der Waals surface area contributed by atoms with Gasteiger partial charge in [0.1, 0.15) is 6.61 Å². The van der Waals surface area contributed by atoms with E-state index >= 15 is 0 Å². The van der Waals surface area contributed by atoms with E-state index in [1.165, 1.54) is 5.56 Å². The molecule has 0 atom stereocenters. The first-order valence-corrected chi connectivity index (χ1v) is 5.50. The molecule has 0 radical (unpaired) electrons. The average molecular weight is 245 g/mol. The third kappa shape index (κ3) is 3.14. The van der Waals surface area contributed by atoms with Crippen LogP contribution in [-0.4, -0.2) is 22.1 Å². The fourth-order valence-electron chi connectivity index (χ4n) is 1.45. The van der Waals surface area contributed by atoms with Crippen LogP contribution in [0.5, 0.6) is 0 Å². The summed E-state index contributed by atoms with van der Waals surface area (Å²) in [6.45, 7) is 2.33. The van der Waals surface area contributed by atoms with Crippen LogP contribution < -0.4 is 11.1 Å². The summed E-state index contributed by atoms with van der Waals surface area (Å²) in [5.74, 6) is 1.09. The SMILES string of the molecule is COCc1nc(N)nc(Nc2ccc(C)cc2)n1. The van der Waals surface area contributed by atoms with Gasteiger partial charge in [0, 0.05) is 12.8 Å². The van der Waals surface area contributed by atoms with Gasteiger partial charge in [-0.25, -0.2) is 0 Å². The molecule has 0 bridgehead atoms. The first kappa shape index (κ1) is 12.3. The molecule has 0 unspecified atom stereocenters. The van der Waals surface area contributed by atoms with Gasteiger partial charge in [-0.05, 0) is 19.1 Å². The Morgan fingerprint density at radius 3 is 2.56 bits per heavy atom. The summed E-state index contributed by atoms with van der Waals surface area (Å²) in [4.78, 5) is 12.2. The predicted octanol–water partition coefficient (Wildman–Crippen LogP) is 1.65. The van der Waals surface area contributed by atoms with Crippen LogP contribution in [0.2, 0.25) is 0 Å². The molecule has 94 valence electrons. The molecule has 6 heteroatoms. The minimum absolute atomic E-state index is 0.173. The Hall–Kier alpha value is -2.21. The van der Waals surface area contributed by atoms with Crippen LogP contribution in [-0.2, 0) is 11.3 Å². The van der Waals surface area contributed by atoms with Gasteiger partial charge in [0.2, 0.25) is 11.9 Å². The van der Waals surface area contributed by atoms with E-state index in [-0.39, 0.29) is 5.95 Å². The largest absolute Gasteiger partial charge is 0.377 e. The summed E-state index contributed by atoms with van der Waals surface area (Å²) >= 11 is 0. The molecular weight excluding hydrogens is 230 g/mol. The normalized spacial score (nSPS) is 10.3. The zero-order chi connectivity index (χ0) is 13.0. The molecule has 18 heavy (non-hydrogen) atoms. The second-order valence-electron chi connectivity index (χ2n) is 3.86. The number of nitrogen functional groups attached to an aromatic ring is 1. The highest BCUT2D eigenvalue weighted by Gasteiger charge is 2.04. The summed E-state index contributed by atoms with van der Waals surface area (Å²) in [5, 5.41) is 3.07. The van der Waals surface area contributed by atoms with Gasteiger partial charge in [0.25, 0.3) is 0 Å². The van der Waals surface area contributed by atoms with E-state index in [1.54, 1.807) is 7.11 Å². The summed E-state index contributed by atoms with van der Waals surface area (Å²) < 4.78 is 4.97. The molecular formula is C12H15N5O. The molecule has 0 saturated heterocycles. The number of anilines is 3. The zero-order valence-corrected chi connectivity index (χ0v) is 10.3. The van der Waals surface area contributed by atoms with Gasteiger partial charge in [-0.2, -0.15) is 15.0 Å². The molecule has 1 aromatic heterocycles. The molecule has 2 rings (SSSR count). The summed E-state index contributed by atoms with van der Waals surface area (Å²) in [6, 6.07) is 7.91. The number of methoxy groups -OCH3 is 1. The third-order valence-electron chi connectivity index (χ3n) is 2.28. The van der Waals surface area contributed by atoms with Crippen LogP contribution in [0.15, 0.2) is 24.3 Å². The number of rotatable bonds is 4. The van der Waals surface area contributed by atoms with E-state index in [1.807, 2.05) is 31.2 Å². The summed E-state index contributed by atoms with van der Waals surface area (Å²) in [6.07, 6.45) is 0. The van der Waals surface area contributed by atoms with E-state index < -0.39 is 0 Å². The van der Waals surface area contributed by atoms with Crippen molar-refractivity contribution in [2.24, 2.45) is 0 Å². The molecule has 0 fully saturated rings. The van der Waals surface area contributed by atoms with Crippen molar-refractivity contribution in [2.75, 3.05) is 18.2 Å². The minimum Gasteiger partial charge on any atom is -0.377 e. The summed E-state index contributed by atoms with van der Waals surface area (Å²) in [7, 11) is 1.58. The molecule has 0 aliphatic rings. The smallest absolute Gasteiger partial charge is 0.232 e. The number of aryl methyl sites for hydroxylation is 1. The second-order valence-corrected chi connectivity index (χ2v) is 3.86. The molecule has 3 N–H and O–H groups in total. The Morgan fingerprint density at radius 1 is 1.17 bits per heavy atom. The lowest BCUT2D eigenvalue weighted by atomic mass is 10.2. The van der Waals surface area contributed by atoms with Crippen LogP contribution >= 0.6 is 0 Å². The Bertz CT molecular complexity index is 526. The van der Waals surface area contributed by atoms with Crippen molar-refractivity contribution in [2.45, 2.75) is 13.5 Å². The fraction of sp³-hybridized carbons (Fsp3) is 0.250. The van der Waals surface area contributed by atoms with Crippen LogP contribution in [0.25, 0.3) is 0 Å². The quantitative estimate of drug-likeness (QED) is 0.851. The lowest BCUT2D eigenvalue weighted by molar-refractivity contribution is 0.178. The molecule has 0 spiro atoms. The van der Waals surface area contributed by atoms with E-state index in [0.29, 0.717) is 18.4 Å². The fourth-order valence-corrected chi connectivity index (χ4v) is 1.45. The number of ether oxygens (including phenoxy) is 1. The highest BCUT2D eigenvalue weighted by atomic mass is 16.5. The van der Waals surface area contributed by atoms with Crippen molar-refractivity contribution in [3.8, 4) is 0 Å². The summed E-state index contributed by atoms with van der Waals surface area (Å²) in [5.41, 5.74) is 7.70. The van der Waals surface area contributed by atoms with Crippen molar-refractivity contribution in [1.29, 1.82) is 0 Å². The highest BCUT2D eigenvalue weighted by Crippen LogP contribution is 2.14. The maximum atomic E-state index is 5.61. The standard InChI is InChI=1S/C12H15N5O/c1-8-3-5-9(6-4-8)14-12-16-10(7-18-2)15-11(13)17-12/h3-6H,7H2,1-2H3,(H3,13,14,15,16,17). The molecule has 0 saturated carbocycles. The lowest BCUT2D eigenvalue weighted by Crippen LogP contribution is -2.07. The maximum absolute atomic E-state index is 5.61. The number of hydrogen-bond donors (Lipinski definition) is 2. The Morgan fingerprint density at radius 2 is 1.89 bits per heavy atom. The lowest BCUT2D eigenvalue weighted by Gasteiger charge is -2.07. The molecule has 0 aliphatic carbocycles. The molecule has 1 aromatic carbocycles. The van der Waals surface area contributed by atoms with Crippen LogP contribution in [0.1, 0.15) is 11.4 Å². The molecule has 0 aliphatic heterocycles. The van der Waals surface area contributed by atoms with Gasteiger partial charge in [0.15, 0.2) is 5.82 Å². The molecule has 2 aromatic rings. The van der Waals surface area contributed by atoms with Crippen LogP contribution in [0.4, 0.5) is 17.6 Å². The van der Waals surface area contributed by atoms with Gasteiger partial charge < -0.3 is 15.8 Å². The van der Waals surface area contributed by atoms with Crippen LogP contribution in [0.3, 0.4) is 0 Å². The third-order valence-corrected chi connectivity index (χ3v) is 2.28. The zero-order valence-electron chi connectivity index (χ0n) is 10.3. The number of nitrogens with zero attached hydrogens (tertiary/aromatic N) is 3. The number of nitrogens with one attached hydrogen (secondary N) is 1. The Labute approximate surface area is 105 Å². The predicted molar refractivity (Wildman–Crippen MR) is 69.4 cm³/mol. The Balaban J connectivity index is 2.20. The number of nitrogens with two attached hydrogens (primary N) is 1. The monoisotopic (exact) mass is 245 g/mol. The average Bonchev–Trinajstić information content (AvgIpc) is 2.32. The van der Waals surface area contributed by atoms with E-state index in [4.69, 9.17) is 10.5 Å². The van der Waals surface area contributed by atoms with Crippen molar-refractivity contribution in [3.63, 3.8) is 0 Å². The van der Waals surface area contributed by atoms with E-state index in [9.17, 15) is 0 Å². The van der Waals surface area contributed by atoms with Crippen LogP contribution in [0, 0.1) is 6.92 Å². The van der Waals surface area contributed by atoms with Gasteiger partial charge >= 0.3 is 0 Å². The number of hydrogen-bond acceptors (Lipinski definition) is 6. The maximum Gasteiger partial charge on any atom is 0.232 e. The van der Waals surface area contributed by atoms with Crippen molar-refractivity contribution in [1.82, 2.24) is 15.0 Å². The molecule has 1 heterocycles. The van der Waals surface area contributed by atoms with E-state index in [0.717, 1.165) is 5.69 Å². The van der Waals surface area contributed by atoms with Gasteiger partial charge in [-0.15, -0.1) is 0 Å². The second kappa shape index (κ2) is 5.42. The van der Waals surface area contributed by atoms with Gasteiger partial charge in [-0.3, -0.25) is 0 Å². The van der Waals surface area contributed by atoms with E-state index in [2.05, 4.69) is 20.3 Å². The first-order valence-electron chi connectivity index (χ1n) is 5.50. The molecule has 0 amide bonds. The van der Waals surface area contributed by atoms with Crippen molar-refractivity contribution < 1.29 is 4.74 Å². The van der Waals surface area contributed by atoms with Crippen molar-refractivity contribution in [3.05, 3.63) is 35.7 Å². The van der Waals surface area contributed by atoms with Crippen molar-refractivity contribution >= 4 is 17.6 Å². The first-order chi connectivity index (χ1) is 8.67. The number of aromatic nitrogens is 3. The topological polar surface area (TPSA) is 86.0 Å². The molecule has 6 nitrogen and oxygen atoms in total. The minimum atomic E-state index is 0.173. The van der Waals surface area contributed by atoms with Gasteiger partial charge in [0.05, 0.1) is 0 Å². The highest BCUT2D eigenvalue weighted by molar-refractivity contribution is 5.54.